The van der Waals surface area contributed by atoms with Crippen LogP contribution in [0.3, 0.4) is 0 Å². The molecule has 0 aliphatic carbocycles. The molecule has 5 rings (SSSR count). The van der Waals surface area contributed by atoms with E-state index in [0.717, 1.165) is 40.7 Å². The fourth-order valence-electron chi connectivity index (χ4n) is 3.95. The first-order valence-corrected chi connectivity index (χ1v) is 13.3. The largest absolute Gasteiger partial charge is 0.504 e. The van der Waals surface area contributed by atoms with Gasteiger partial charge in [0.25, 0.3) is 0 Å². The maximum atomic E-state index is 13.9. The van der Waals surface area contributed by atoms with Crippen LogP contribution in [-0.4, -0.2) is 35.3 Å². The number of methoxy groups -OCH3 is 1. The van der Waals surface area contributed by atoms with Crippen LogP contribution in [-0.2, 0) is 6.54 Å². The number of halogens is 3. The fraction of sp³-hybridized carbons (Fsp3) is 0.231. The minimum absolute atomic E-state index is 0.0700. The van der Waals surface area contributed by atoms with Crippen molar-refractivity contribution < 1.29 is 23.0 Å². The second-order valence-electron chi connectivity index (χ2n) is 8.74. The molecule has 1 aliphatic rings. The summed E-state index contributed by atoms with van der Waals surface area (Å²) < 4.78 is 49.4. The monoisotopic (exact) mass is 559 g/mol. The van der Waals surface area contributed by atoms with Crippen LogP contribution in [0.4, 0.5) is 24.0 Å². The zero-order chi connectivity index (χ0) is 26.8. The minimum Gasteiger partial charge on any atom is -0.504 e. The van der Waals surface area contributed by atoms with Crippen LogP contribution in [0.15, 0.2) is 47.6 Å². The third-order valence-corrected chi connectivity index (χ3v) is 8.26. The Balaban J connectivity index is 1.28. The molecule has 198 valence electrons. The number of pyridine rings is 1. The number of thiazole rings is 1. The number of aromatic nitrogens is 2. The molecule has 1 fully saturated rings. The Labute approximate surface area is 225 Å². The predicted octanol–water partition coefficient (Wildman–Crippen LogP) is 6.06. The van der Waals surface area contributed by atoms with E-state index in [1.807, 2.05) is 13.0 Å². The van der Waals surface area contributed by atoms with E-state index in [1.165, 1.54) is 48.6 Å². The third kappa shape index (κ3) is 5.52. The maximum absolute atomic E-state index is 13.9. The van der Waals surface area contributed by atoms with Gasteiger partial charge in [-0.05, 0) is 42.8 Å². The van der Waals surface area contributed by atoms with Crippen LogP contribution in [0.1, 0.15) is 21.9 Å². The van der Waals surface area contributed by atoms with Gasteiger partial charge < -0.3 is 25.2 Å². The molecule has 12 heteroatoms. The molecular weight excluding hydrogens is 535 g/mol. The van der Waals surface area contributed by atoms with Crippen molar-refractivity contribution in [3.05, 3.63) is 76.1 Å². The Bertz CT molecular complexity index is 1480. The van der Waals surface area contributed by atoms with Crippen molar-refractivity contribution in [1.29, 1.82) is 0 Å². The fourth-order valence-corrected chi connectivity index (χ4v) is 5.74. The van der Waals surface area contributed by atoms with Crippen molar-refractivity contribution in [2.75, 3.05) is 30.2 Å². The zero-order valence-electron chi connectivity index (χ0n) is 20.4. The van der Waals surface area contributed by atoms with Gasteiger partial charge in [0.1, 0.15) is 10.8 Å². The molecular formula is C26H24F3N5O2S2. The van der Waals surface area contributed by atoms with Gasteiger partial charge in [-0.25, -0.2) is 23.1 Å². The lowest BCUT2D eigenvalue weighted by Crippen LogP contribution is -2.39. The van der Waals surface area contributed by atoms with E-state index in [1.54, 1.807) is 6.20 Å². The summed E-state index contributed by atoms with van der Waals surface area (Å²) in [5.41, 5.74) is 3.12. The molecule has 1 saturated heterocycles. The number of nitrogens with one attached hydrogen (secondary N) is 3. The molecule has 0 amide bonds. The van der Waals surface area contributed by atoms with Gasteiger partial charge in [0.15, 0.2) is 28.3 Å². The molecule has 0 unspecified atom stereocenters. The van der Waals surface area contributed by atoms with Gasteiger partial charge in [0, 0.05) is 59.6 Å². The predicted molar refractivity (Wildman–Crippen MR) is 143 cm³/mol. The molecule has 7 nitrogen and oxygen atoms in total. The first-order chi connectivity index (χ1) is 18.3. The Morgan fingerprint density at radius 3 is 2.66 bits per heavy atom. The Morgan fingerprint density at radius 1 is 1.16 bits per heavy atom. The number of hydrogen-bond donors (Lipinski definition) is 4. The number of hydrogen-bond acceptors (Lipinski definition) is 9. The Kier molecular flexibility index (Phi) is 7.63. The average Bonchev–Trinajstić information content (AvgIpc) is 3.27. The van der Waals surface area contributed by atoms with Gasteiger partial charge in [-0.3, -0.25) is 0 Å². The van der Waals surface area contributed by atoms with Gasteiger partial charge in [0.05, 0.1) is 24.7 Å². The van der Waals surface area contributed by atoms with Gasteiger partial charge in [0.2, 0.25) is 0 Å². The van der Waals surface area contributed by atoms with E-state index >= 15 is 0 Å². The van der Waals surface area contributed by atoms with Gasteiger partial charge in [-0.15, -0.1) is 11.3 Å². The number of phenols is 1. The standard InChI is InChI=1S/C26H24F3N5O2S2/c1-13-5-18(31-11-15-6-17(27)8-21(36-2)23(15)35)12-32-25(13)38-34-26-33-22(24(37-26)16-9-30-10-16)14-3-4-19(28)20(29)7-14/h3-8,12,16,30-31,35H,9-11H2,1-2H3,(H,33,34). The number of phenolic OH excluding ortho intramolecular Hbond substituents is 1. The summed E-state index contributed by atoms with van der Waals surface area (Å²) in [4.78, 5) is 10.2. The number of aryl methyl sites for hydroxylation is 1. The van der Waals surface area contributed by atoms with Crippen LogP contribution in [0.2, 0.25) is 0 Å². The smallest absolute Gasteiger partial charge is 0.193 e. The lowest BCUT2D eigenvalue weighted by Gasteiger charge is -2.26. The van der Waals surface area contributed by atoms with Crippen molar-refractivity contribution in [2.45, 2.75) is 24.4 Å². The summed E-state index contributed by atoms with van der Waals surface area (Å²) >= 11 is 2.78. The summed E-state index contributed by atoms with van der Waals surface area (Å²) in [6.45, 7) is 3.70. The highest BCUT2D eigenvalue weighted by molar-refractivity contribution is 8.00. The van der Waals surface area contributed by atoms with E-state index in [9.17, 15) is 18.3 Å². The van der Waals surface area contributed by atoms with Crippen molar-refractivity contribution in [2.24, 2.45) is 0 Å². The number of anilines is 2. The van der Waals surface area contributed by atoms with Crippen molar-refractivity contribution >= 4 is 34.1 Å². The summed E-state index contributed by atoms with van der Waals surface area (Å²) in [6.07, 6.45) is 1.64. The molecule has 0 radical (unpaired) electrons. The minimum atomic E-state index is -0.905. The second kappa shape index (κ2) is 11.1. The average molecular weight is 560 g/mol. The number of rotatable bonds is 9. The highest BCUT2D eigenvalue weighted by atomic mass is 32.2. The second-order valence-corrected chi connectivity index (χ2v) is 10.6. The quantitative estimate of drug-likeness (QED) is 0.184. The molecule has 0 spiro atoms. The SMILES string of the molecule is COc1cc(F)cc(CNc2cnc(SNc3nc(-c4ccc(F)c(F)c4)c(C4CNC4)s3)c(C)c2)c1O. The van der Waals surface area contributed by atoms with Crippen LogP contribution in [0.5, 0.6) is 11.5 Å². The van der Waals surface area contributed by atoms with E-state index < -0.39 is 17.5 Å². The first kappa shape index (κ1) is 26.1. The third-order valence-electron chi connectivity index (χ3n) is 6.09. The molecule has 4 aromatic rings. The highest BCUT2D eigenvalue weighted by Crippen LogP contribution is 2.40. The van der Waals surface area contributed by atoms with E-state index in [2.05, 4.69) is 25.3 Å². The van der Waals surface area contributed by atoms with Crippen molar-refractivity contribution in [3.8, 4) is 22.8 Å². The van der Waals surface area contributed by atoms with Crippen molar-refractivity contribution in [1.82, 2.24) is 15.3 Å². The first-order valence-electron chi connectivity index (χ1n) is 11.7. The molecule has 1 aliphatic heterocycles. The molecule has 38 heavy (non-hydrogen) atoms. The topological polar surface area (TPSA) is 91.3 Å². The van der Waals surface area contributed by atoms with Gasteiger partial charge >= 0.3 is 0 Å². The maximum Gasteiger partial charge on any atom is 0.193 e. The summed E-state index contributed by atoms with van der Waals surface area (Å²) in [6, 6.07) is 8.09. The number of ether oxygens (including phenoxy) is 1. The summed E-state index contributed by atoms with van der Waals surface area (Å²) in [5, 5.41) is 18.0. The number of benzene rings is 2. The number of nitrogens with zero attached hydrogens (tertiary/aromatic N) is 2. The summed E-state index contributed by atoms with van der Waals surface area (Å²) in [5.74, 6) is -2.09. The molecule has 4 N–H and O–H groups in total. The van der Waals surface area contributed by atoms with Gasteiger partial charge in [-0.2, -0.15) is 0 Å². The van der Waals surface area contributed by atoms with E-state index in [4.69, 9.17) is 4.74 Å². The van der Waals surface area contributed by atoms with Gasteiger partial charge in [-0.1, -0.05) is 0 Å². The lowest BCUT2D eigenvalue weighted by molar-refractivity contribution is 0.367. The molecule has 2 aromatic heterocycles. The van der Waals surface area contributed by atoms with Crippen LogP contribution < -0.4 is 20.1 Å². The summed E-state index contributed by atoms with van der Waals surface area (Å²) in [7, 11) is 1.36. The molecule has 0 saturated carbocycles. The van der Waals surface area contributed by atoms with E-state index in [-0.39, 0.29) is 24.0 Å². The lowest BCUT2D eigenvalue weighted by atomic mass is 9.97. The van der Waals surface area contributed by atoms with Crippen molar-refractivity contribution in [3.63, 3.8) is 0 Å². The highest BCUT2D eigenvalue weighted by Gasteiger charge is 2.27. The Hall–Kier alpha value is -3.48. The molecule has 2 aromatic carbocycles. The molecule has 3 heterocycles. The Morgan fingerprint density at radius 2 is 1.97 bits per heavy atom. The normalized spacial score (nSPS) is 13.3. The van der Waals surface area contributed by atoms with E-state index in [0.29, 0.717) is 27.6 Å². The number of aromatic hydroxyl groups is 1. The van der Waals surface area contributed by atoms with Crippen LogP contribution in [0, 0.1) is 24.4 Å². The van der Waals surface area contributed by atoms with Crippen LogP contribution in [0.25, 0.3) is 11.3 Å². The molecule has 0 atom stereocenters. The van der Waals surface area contributed by atoms with Crippen LogP contribution >= 0.6 is 23.3 Å². The molecule has 0 bridgehead atoms. The zero-order valence-corrected chi connectivity index (χ0v) is 22.1.